The zero-order chi connectivity index (χ0) is 30.0. The van der Waals surface area contributed by atoms with Gasteiger partial charge >= 0.3 is 5.97 Å². The van der Waals surface area contributed by atoms with Crippen LogP contribution in [0.15, 0.2) is 60.8 Å². The van der Waals surface area contributed by atoms with Crippen molar-refractivity contribution in [2.75, 3.05) is 13.2 Å². The van der Waals surface area contributed by atoms with E-state index in [1.165, 1.54) is 0 Å². The summed E-state index contributed by atoms with van der Waals surface area (Å²) in [6.45, 7) is 20.5. The van der Waals surface area contributed by atoms with Crippen molar-refractivity contribution in [1.82, 2.24) is 0 Å². The lowest BCUT2D eigenvalue weighted by Gasteiger charge is -2.38. The van der Waals surface area contributed by atoms with Crippen molar-refractivity contribution in [3.8, 4) is 0 Å². The van der Waals surface area contributed by atoms with E-state index < -0.39 is 8.32 Å². The lowest BCUT2D eigenvalue weighted by Crippen LogP contribution is -2.43. The average Bonchev–Trinajstić information content (AvgIpc) is 3.24. The molecule has 6 heteroatoms. The van der Waals surface area contributed by atoms with Gasteiger partial charge in [0.05, 0.1) is 18.8 Å². The standard InChI is InChI=1S/C34H58O5Si/c1-10-13-14-15-16-18-21-30(39-40(8,9)34(5,6)7)26-24-29-25-27-32(38-28(4)36-11-2)31(29)22-19-17-20-23-33(35)37-12-3/h13-14,16-19,24-32H,10-12,15,20-23H2,1-9H3/b14-13-,18-16-,19-17-,26-24+/t28?,29-,30-,31-,32+/m0/s1. The summed E-state index contributed by atoms with van der Waals surface area (Å²) in [4.78, 5) is 11.7. The summed E-state index contributed by atoms with van der Waals surface area (Å²) in [5.41, 5.74) is 0. The first-order valence-electron chi connectivity index (χ1n) is 15.4. The maximum atomic E-state index is 11.7. The molecule has 5 atom stereocenters. The fraction of sp³-hybridized carbons (Fsp3) is 0.676. The van der Waals surface area contributed by atoms with Gasteiger partial charge in [0.15, 0.2) is 14.6 Å². The maximum absolute atomic E-state index is 11.7. The zero-order valence-corrected chi connectivity index (χ0v) is 27.9. The number of carbonyl (C=O) groups excluding carboxylic acids is 1. The van der Waals surface area contributed by atoms with E-state index in [0.717, 1.165) is 25.7 Å². The second kappa shape index (κ2) is 19.4. The van der Waals surface area contributed by atoms with Crippen molar-refractivity contribution in [3.63, 3.8) is 0 Å². The Morgan fingerprint density at radius 1 is 0.975 bits per heavy atom. The zero-order valence-electron chi connectivity index (χ0n) is 26.9. The molecule has 0 aromatic rings. The maximum Gasteiger partial charge on any atom is 0.306 e. The SMILES string of the molecule is CC/C=C\C/C=C\C[C@@H](/C=C/[C@H]1C=C[C@@H](OC(C)OCC)[C@H]1C/C=C\CCC(=O)OCC)O[Si](C)(C)C(C)(C)C. The van der Waals surface area contributed by atoms with Gasteiger partial charge in [-0.1, -0.05) is 88.5 Å². The Labute approximate surface area is 246 Å². The Bertz CT molecular complexity index is 849. The molecule has 0 aliphatic heterocycles. The van der Waals surface area contributed by atoms with Crippen molar-refractivity contribution in [1.29, 1.82) is 0 Å². The number of hydrogen-bond acceptors (Lipinski definition) is 5. The molecule has 1 aliphatic rings. The van der Waals surface area contributed by atoms with Crippen LogP contribution < -0.4 is 0 Å². The lowest BCUT2D eigenvalue weighted by atomic mass is 9.89. The Kier molecular flexibility index (Phi) is 17.6. The third-order valence-electron chi connectivity index (χ3n) is 7.59. The van der Waals surface area contributed by atoms with E-state index in [0.29, 0.717) is 26.1 Å². The molecule has 0 amide bonds. The second-order valence-electron chi connectivity index (χ2n) is 11.9. The van der Waals surface area contributed by atoms with Crippen LogP contribution in [0.1, 0.15) is 87.0 Å². The second-order valence-corrected chi connectivity index (χ2v) is 16.7. The Balaban J connectivity index is 3.03. The molecule has 40 heavy (non-hydrogen) atoms. The Hall–Kier alpha value is -1.73. The highest BCUT2D eigenvalue weighted by Crippen LogP contribution is 2.38. The van der Waals surface area contributed by atoms with Gasteiger partial charge in [-0.05, 0) is 71.0 Å². The molecule has 1 rings (SSSR count). The summed E-state index contributed by atoms with van der Waals surface area (Å²) in [6.07, 6.45) is 26.7. The molecule has 0 saturated carbocycles. The van der Waals surface area contributed by atoms with Crippen LogP contribution in [0.2, 0.25) is 18.1 Å². The first kappa shape index (κ1) is 36.3. The Morgan fingerprint density at radius 3 is 2.35 bits per heavy atom. The van der Waals surface area contributed by atoms with Crippen LogP contribution >= 0.6 is 0 Å². The Morgan fingerprint density at radius 2 is 1.70 bits per heavy atom. The van der Waals surface area contributed by atoms with Crippen LogP contribution in [0.3, 0.4) is 0 Å². The number of ether oxygens (including phenoxy) is 3. The van der Waals surface area contributed by atoms with Crippen LogP contribution in [-0.2, 0) is 23.4 Å². The molecular weight excluding hydrogens is 516 g/mol. The van der Waals surface area contributed by atoms with Crippen LogP contribution in [0.4, 0.5) is 0 Å². The lowest BCUT2D eigenvalue weighted by molar-refractivity contribution is -0.156. The van der Waals surface area contributed by atoms with Gasteiger partial charge < -0.3 is 18.6 Å². The molecule has 0 bridgehead atoms. The molecule has 1 unspecified atom stereocenters. The molecule has 0 aromatic carbocycles. The molecule has 228 valence electrons. The van der Waals surface area contributed by atoms with Crippen molar-refractivity contribution < 1.29 is 23.4 Å². The normalized spacial score (nSPS) is 21.9. The van der Waals surface area contributed by atoms with Crippen LogP contribution in [0, 0.1) is 11.8 Å². The van der Waals surface area contributed by atoms with Gasteiger partial charge in [-0.3, -0.25) is 4.79 Å². The molecule has 1 aliphatic carbocycles. The van der Waals surface area contributed by atoms with E-state index in [4.69, 9.17) is 18.6 Å². The van der Waals surface area contributed by atoms with Gasteiger partial charge in [0, 0.05) is 24.9 Å². The molecule has 0 heterocycles. The van der Waals surface area contributed by atoms with Crippen molar-refractivity contribution in [2.45, 2.75) is 124 Å². The minimum Gasteiger partial charge on any atom is -0.466 e. The summed E-state index contributed by atoms with van der Waals surface area (Å²) < 4.78 is 23.8. The molecule has 0 aromatic heterocycles. The molecule has 5 nitrogen and oxygen atoms in total. The summed E-state index contributed by atoms with van der Waals surface area (Å²) in [5, 5.41) is 0.144. The third-order valence-corrected chi connectivity index (χ3v) is 12.1. The highest BCUT2D eigenvalue weighted by atomic mass is 28.4. The predicted octanol–water partition coefficient (Wildman–Crippen LogP) is 9.10. The molecule has 0 fully saturated rings. The highest BCUT2D eigenvalue weighted by Gasteiger charge is 2.39. The van der Waals surface area contributed by atoms with E-state index in [-0.39, 0.29) is 41.3 Å². The van der Waals surface area contributed by atoms with E-state index in [1.807, 2.05) is 20.8 Å². The van der Waals surface area contributed by atoms with E-state index in [2.05, 4.69) is 102 Å². The van der Waals surface area contributed by atoms with Crippen LogP contribution in [-0.4, -0.2) is 46.0 Å². The van der Waals surface area contributed by atoms with Crippen LogP contribution in [0.25, 0.3) is 0 Å². The van der Waals surface area contributed by atoms with Crippen LogP contribution in [0.5, 0.6) is 0 Å². The number of rotatable bonds is 19. The molecular formula is C34H58O5Si. The fourth-order valence-electron chi connectivity index (χ4n) is 4.33. The average molecular weight is 575 g/mol. The quantitative estimate of drug-likeness (QED) is 0.0666. The summed E-state index contributed by atoms with van der Waals surface area (Å²) >= 11 is 0. The molecule has 0 N–H and O–H groups in total. The van der Waals surface area contributed by atoms with Gasteiger partial charge in [0.2, 0.25) is 0 Å². The van der Waals surface area contributed by atoms with Crippen molar-refractivity contribution in [3.05, 3.63) is 60.8 Å². The number of carbonyl (C=O) groups is 1. The summed E-state index contributed by atoms with van der Waals surface area (Å²) in [6, 6.07) is 0. The first-order chi connectivity index (χ1) is 18.9. The van der Waals surface area contributed by atoms with Crippen molar-refractivity contribution in [2.24, 2.45) is 11.8 Å². The minimum atomic E-state index is -1.94. The monoisotopic (exact) mass is 574 g/mol. The summed E-state index contributed by atoms with van der Waals surface area (Å²) in [7, 11) is -1.94. The minimum absolute atomic E-state index is 0.0313. The van der Waals surface area contributed by atoms with Gasteiger partial charge in [-0.2, -0.15) is 0 Å². The van der Waals surface area contributed by atoms with E-state index in [1.54, 1.807) is 0 Å². The molecule has 0 radical (unpaired) electrons. The summed E-state index contributed by atoms with van der Waals surface area (Å²) in [5.74, 6) is 0.335. The van der Waals surface area contributed by atoms with Gasteiger partial charge in [0.1, 0.15) is 0 Å². The van der Waals surface area contributed by atoms with E-state index >= 15 is 0 Å². The van der Waals surface area contributed by atoms with Gasteiger partial charge in [-0.15, -0.1) is 0 Å². The first-order valence-corrected chi connectivity index (χ1v) is 18.3. The topological polar surface area (TPSA) is 54.0 Å². The van der Waals surface area contributed by atoms with E-state index in [9.17, 15) is 4.79 Å². The predicted molar refractivity (Wildman–Crippen MR) is 171 cm³/mol. The van der Waals surface area contributed by atoms with Gasteiger partial charge in [0.25, 0.3) is 0 Å². The number of hydrogen-bond donors (Lipinski definition) is 0. The highest BCUT2D eigenvalue weighted by molar-refractivity contribution is 6.74. The molecule has 0 spiro atoms. The van der Waals surface area contributed by atoms with Crippen molar-refractivity contribution >= 4 is 14.3 Å². The largest absolute Gasteiger partial charge is 0.466 e. The molecule has 0 saturated heterocycles. The number of esters is 1. The smallest absolute Gasteiger partial charge is 0.306 e. The fourth-order valence-corrected chi connectivity index (χ4v) is 5.61. The van der Waals surface area contributed by atoms with Gasteiger partial charge in [-0.25, -0.2) is 0 Å². The number of allylic oxidation sites excluding steroid dienone is 7. The third kappa shape index (κ3) is 14.2.